The highest BCUT2D eigenvalue weighted by molar-refractivity contribution is 6.36. The summed E-state index contributed by atoms with van der Waals surface area (Å²) >= 11 is 18.2. The largest absolute Gasteiger partial charge is 0.495 e. The van der Waals surface area contributed by atoms with Crippen LogP contribution in [0.1, 0.15) is 5.56 Å². The molecule has 0 aliphatic carbocycles. The number of nitrogens with one attached hydrogen (secondary N) is 1. The van der Waals surface area contributed by atoms with Gasteiger partial charge in [0.2, 0.25) is 0 Å². The number of halogens is 3. The van der Waals surface area contributed by atoms with Gasteiger partial charge in [-0.15, -0.1) is 0 Å². The SMILES string of the molecule is COc1cc(NCc2c(Cl)cccc2Cl)ccc1Cl. The van der Waals surface area contributed by atoms with Gasteiger partial charge in [0.05, 0.1) is 12.1 Å². The minimum Gasteiger partial charge on any atom is -0.495 e. The van der Waals surface area contributed by atoms with Gasteiger partial charge in [-0.1, -0.05) is 40.9 Å². The number of methoxy groups -OCH3 is 1. The number of anilines is 1. The average molecular weight is 317 g/mol. The van der Waals surface area contributed by atoms with Crippen molar-refractivity contribution in [2.24, 2.45) is 0 Å². The first-order chi connectivity index (χ1) is 9.11. The van der Waals surface area contributed by atoms with Crippen LogP contribution in [-0.2, 0) is 6.54 Å². The van der Waals surface area contributed by atoms with Crippen molar-refractivity contribution in [1.29, 1.82) is 0 Å². The maximum atomic E-state index is 6.11. The number of hydrogen-bond acceptors (Lipinski definition) is 2. The number of rotatable bonds is 4. The van der Waals surface area contributed by atoms with Crippen molar-refractivity contribution < 1.29 is 4.74 Å². The van der Waals surface area contributed by atoms with Crippen LogP contribution in [0.5, 0.6) is 5.75 Å². The van der Waals surface area contributed by atoms with Crippen LogP contribution in [-0.4, -0.2) is 7.11 Å². The zero-order valence-corrected chi connectivity index (χ0v) is 12.5. The molecule has 0 aliphatic heterocycles. The molecule has 2 aromatic carbocycles. The molecule has 2 aromatic rings. The molecule has 0 radical (unpaired) electrons. The average Bonchev–Trinajstić information content (AvgIpc) is 2.40. The van der Waals surface area contributed by atoms with Crippen LogP contribution in [0.3, 0.4) is 0 Å². The summed E-state index contributed by atoms with van der Waals surface area (Å²) < 4.78 is 5.16. The maximum Gasteiger partial charge on any atom is 0.139 e. The normalized spacial score (nSPS) is 10.3. The predicted molar refractivity (Wildman–Crippen MR) is 81.8 cm³/mol. The first-order valence-corrected chi connectivity index (χ1v) is 6.75. The summed E-state index contributed by atoms with van der Waals surface area (Å²) in [6.45, 7) is 0.531. The van der Waals surface area contributed by atoms with E-state index < -0.39 is 0 Å². The highest BCUT2D eigenvalue weighted by atomic mass is 35.5. The summed E-state index contributed by atoms with van der Waals surface area (Å²) in [5, 5.41) is 5.09. The van der Waals surface area contributed by atoms with Crippen molar-refractivity contribution in [2.75, 3.05) is 12.4 Å². The van der Waals surface area contributed by atoms with Crippen LogP contribution in [0.4, 0.5) is 5.69 Å². The fourth-order valence-electron chi connectivity index (χ4n) is 1.66. The summed E-state index contributed by atoms with van der Waals surface area (Å²) in [5.41, 5.74) is 1.75. The highest BCUT2D eigenvalue weighted by Crippen LogP contribution is 2.29. The van der Waals surface area contributed by atoms with E-state index in [9.17, 15) is 0 Å². The molecular formula is C14H12Cl3NO. The first-order valence-electron chi connectivity index (χ1n) is 5.62. The molecule has 0 bridgehead atoms. The van der Waals surface area contributed by atoms with E-state index in [0.29, 0.717) is 27.4 Å². The Hall–Kier alpha value is -1.09. The zero-order chi connectivity index (χ0) is 13.8. The Labute approximate surface area is 127 Å². The molecular weight excluding hydrogens is 305 g/mol. The predicted octanol–water partition coefficient (Wildman–Crippen LogP) is 5.27. The molecule has 0 saturated heterocycles. The second kappa shape index (κ2) is 6.38. The third kappa shape index (κ3) is 3.47. The quantitative estimate of drug-likeness (QED) is 0.830. The molecule has 0 unspecified atom stereocenters. The standard InChI is InChI=1S/C14H12Cl3NO/c1-19-14-7-9(5-6-13(14)17)18-8-10-11(15)3-2-4-12(10)16/h2-7,18H,8H2,1H3. The van der Waals surface area contributed by atoms with E-state index in [0.717, 1.165) is 11.3 Å². The molecule has 100 valence electrons. The topological polar surface area (TPSA) is 21.3 Å². The van der Waals surface area contributed by atoms with Gasteiger partial charge in [0, 0.05) is 33.9 Å². The van der Waals surface area contributed by atoms with Crippen LogP contribution in [0, 0.1) is 0 Å². The molecule has 0 heterocycles. The summed E-state index contributed by atoms with van der Waals surface area (Å²) in [5.74, 6) is 0.622. The third-order valence-corrected chi connectivity index (χ3v) is 3.70. The second-order valence-corrected chi connectivity index (χ2v) is 5.12. The van der Waals surface area contributed by atoms with E-state index in [1.165, 1.54) is 0 Å². The molecule has 0 aromatic heterocycles. The molecule has 0 aliphatic rings. The lowest BCUT2D eigenvalue weighted by Gasteiger charge is -2.11. The van der Waals surface area contributed by atoms with Crippen LogP contribution in [0.15, 0.2) is 36.4 Å². The summed E-state index contributed by atoms with van der Waals surface area (Å²) in [6, 6.07) is 10.9. The van der Waals surface area contributed by atoms with Gasteiger partial charge in [-0.2, -0.15) is 0 Å². The second-order valence-electron chi connectivity index (χ2n) is 3.90. The molecule has 0 fully saturated rings. The molecule has 2 rings (SSSR count). The lowest BCUT2D eigenvalue weighted by molar-refractivity contribution is 0.415. The van der Waals surface area contributed by atoms with Crippen LogP contribution >= 0.6 is 34.8 Å². The molecule has 2 nitrogen and oxygen atoms in total. The Morgan fingerprint density at radius 2 is 1.68 bits per heavy atom. The number of ether oxygens (including phenoxy) is 1. The fourth-order valence-corrected chi connectivity index (χ4v) is 2.39. The van der Waals surface area contributed by atoms with Gasteiger partial charge < -0.3 is 10.1 Å². The van der Waals surface area contributed by atoms with E-state index in [2.05, 4.69) is 5.32 Å². The molecule has 5 heteroatoms. The summed E-state index contributed by atoms with van der Waals surface area (Å²) in [4.78, 5) is 0. The Morgan fingerprint density at radius 1 is 1.00 bits per heavy atom. The van der Waals surface area contributed by atoms with Crippen molar-refractivity contribution in [3.63, 3.8) is 0 Å². The van der Waals surface area contributed by atoms with Crippen LogP contribution in [0.25, 0.3) is 0 Å². The van der Waals surface area contributed by atoms with Gasteiger partial charge in [-0.05, 0) is 24.3 Å². The van der Waals surface area contributed by atoms with E-state index in [4.69, 9.17) is 39.5 Å². The number of benzene rings is 2. The minimum atomic E-state index is 0.531. The zero-order valence-electron chi connectivity index (χ0n) is 10.2. The van der Waals surface area contributed by atoms with Gasteiger partial charge >= 0.3 is 0 Å². The molecule has 0 atom stereocenters. The van der Waals surface area contributed by atoms with Gasteiger partial charge in [-0.25, -0.2) is 0 Å². The lowest BCUT2D eigenvalue weighted by Crippen LogP contribution is -2.01. The molecule has 0 spiro atoms. The Morgan fingerprint density at radius 3 is 2.32 bits per heavy atom. The molecule has 0 saturated carbocycles. The molecule has 19 heavy (non-hydrogen) atoms. The van der Waals surface area contributed by atoms with Crippen LogP contribution in [0.2, 0.25) is 15.1 Å². The minimum absolute atomic E-state index is 0.531. The van der Waals surface area contributed by atoms with Crippen molar-refractivity contribution in [1.82, 2.24) is 0 Å². The van der Waals surface area contributed by atoms with E-state index in [1.54, 1.807) is 13.2 Å². The monoisotopic (exact) mass is 315 g/mol. The number of hydrogen-bond donors (Lipinski definition) is 1. The fraction of sp³-hybridized carbons (Fsp3) is 0.143. The van der Waals surface area contributed by atoms with Gasteiger partial charge in [0.25, 0.3) is 0 Å². The first kappa shape index (κ1) is 14.3. The van der Waals surface area contributed by atoms with Gasteiger partial charge in [0.15, 0.2) is 0 Å². The third-order valence-electron chi connectivity index (χ3n) is 2.68. The van der Waals surface area contributed by atoms with Crippen molar-refractivity contribution >= 4 is 40.5 Å². The van der Waals surface area contributed by atoms with E-state index >= 15 is 0 Å². The summed E-state index contributed by atoms with van der Waals surface area (Å²) in [6.07, 6.45) is 0. The lowest BCUT2D eigenvalue weighted by atomic mass is 10.2. The van der Waals surface area contributed by atoms with Gasteiger partial charge in [0.1, 0.15) is 5.75 Å². The highest BCUT2D eigenvalue weighted by Gasteiger charge is 2.06. The van der Waals surface area contributed by atoms with Gasteiger partial charge in [-0.3, -0.25) is 0 Å². The Bertz CT molecular complexity index is 567. The smallest absolute Gasteiger partial charge is 0.139 e. The summed E-state index contributed by atoms with van der Waals surface area (Å²) in [7, 11) is 1.58. The Balaban J connectivity index is 2.15. The van der Waals surface area contributed by atoms with E-state index in [-0.39, 0.29) is 0 Å². The van der Waals surface area contributed by atoms with Crippen LogP contribution < -0.4 is 10.1 Å². The maximum absolute atomic E-state index is 6.11. The Kier molecular flexibility index (Phi) is 4.81. The van der Waals surface area contributed by atoms with Crippen molar-refractivity contribution in [2.45, 2.75) is 6.54 Å². The molecule has 0 amide bonds. The van der Waals surface area contributed by atoms with Crippen molar-refractivity contribution in [3.05, 3.63) is 57.0 Å². The van der Waals surface area contributed by atoms with E-state index in [1.807, 2.05) is 30.3 Å². The molecule has 1 N–H and O–H groups in total. The van der Waals surface area contributed by atoms with Crippen molar-refractivity contribution in [3.8, 4) is 5.75 Å².